The van der Waals surface area contributed by atoms with E-state index in [-0.39, 0.29) is 0 Å². The van der Waals surface area contributed by atoms with E-state index in [4.69, 9.17) is 5.26 Å². The van der Waals surface area contributed by atoms with Gasteiger partial charge >= 0.3 is 0 Å². The minimum absolute atomic E-state index is 0.384. The van der Waals surface area contributed by atoms with Gasteiger partial charge in [0, 0.05) is 5.92 Å². The molecule has 6 atom stereocenters. The molecule has 106 valence electrons. The zero-order chi connectivity index (χ0) is 13.2. The third-order valence-corrected chi connectivity index (χ3v) is 6.53. The van der Waals surface area contributed by atoms with E-state index in [1.54, 1.807) is 0 Å². The Morgan fingerprint density at radius 1 is 0.895 bits per heavy atom. The lowest BCUT2D eigenvalue weighted by molar-refractivity contribution is 0.00303. The number of nitrogens with zero attached hydrogens (tertiary/aromatic N) is 1. The molecule has 0 N–H and O–H groups in total. The van der Waals surface area contributed by atoms with E-state index >= 15 is 0 Å². The van der Waals surface area contributed by atoms with Crippen LogP contribution in [0.4, 0.5) is 0 Å². The Kier molecular flexibility index (Phi) is 4.15. The number of hydrogen-bond acceptors (Lipinski definition) is 1. The van der Waals surface area contributed by atoms with Gasteiger partial charge in [-0.1, -0.05) is 26.2 Å². The molecule has 0 aliphatic heterocycles. The van der Waals surface area contributed by atoms with Crippen LogP contribution in [-0.4, -0.2) is 0 Å². The summed E-state index contributed by atoms with van der Waals surface area (Å²) < 4.78 is 0. The van der Waals surface area contributed by atoms with Crippen molar-refractivity contribution in [1.29, 1.82) is 5.26 Å². The topological polar surface area (TPSA) is 23.8 Å². The highest BCUT2D eigenvalue weighted by atomic mass is 14.5. The van der Waals surface area contributed by atoms with Gasteiger partial charge in [-0.05, 0) is 74.5 Å². The maximum atomic E-state index is 9.16. The van der Waals surface area contributed by atoms with Gasteiger partial charge in [0.2, 0.25) is 0 Å². The molecule has 1 heteroatoms. The monoisotopic (exact) mass is 259 g/mol. The minimum atomic E-state index is 0.384. The summed E-state index contributed by atoms with van der Waals surface area (Å²) in [5, 5.41) is 9.16. The quantitative estimate of drug-likeness (QED) is 0.671. The summed E-state index contributed by atoms with van der Waals surface area (Å²) in [6.07, 6.45) is 14.1. The van der Waals surface area contributed by atoms with Crippen LogP contribution < -0.4 is 0 Å². The van der Waals surface area contributed by atoms with E-state index in [1.807, 2.05) is 0 Å². The summed E-state index contributed by atoms with van der Waals surface area (Å²) in [5.41, 5.74) is 0. The molecule has 0 amide bonds. The first-order chi connectivity index (χ1) is 9.31. The largest absolute Gasteiger partial charge is 0.198 e. The van der Waals surface area contributed by atoms with E-state index in [1.165, 1.54) is 64.2 Å². The van der Waals surface area contributed by atoms with Gasteiger partial charge in [0.1, 0.15) is 0 Å². The summed E-state index contributed by atoms with van der Waals surface area (Å²) in [6.45, 7) is 2.34. The normalized spacial score (nSPS) is 45.9. The fourth-order valence-corrected chi connectivity index (χ4v) is 5.68. The van der Waals surface area contributed by atoms with E-state index in [0.717, 1.165) is 29.6 Å². The Bertz CT molecular complexity index is 342. The summed E-state index contributed by atoms with van der Waals surface area (Å²) in [4.78, 5) is 0. The first-order valence-corrected chi connectivity index (χ1v) is 8.71. The minimum Gasteiger partial charge on any atom is -0.198 e. The zero-order valence-electron chi connectivity index (χ0n) is 12.5. The molecule has 19 heavy (non-hydrogen) atoms. The highest BCUT2D eigenvalue weighted by Gasteiger charge is 2.44. The Morgan fingerprint density at radius 3 is 2.26 bits per heavy atom. The lowest BCUT2D eigenvalue weighted by atomic mass is 9.55. The molecule has 3 fully saturated rings. The summed E-state index contributed by atoms with van der Waals surface area (Å²) in [7, 11) is 0. The highest BCUT2D eigenvalue weighted by molar-refractivity contribution is 4.98. The first kappa shape index (κ1) is 13.5. The standard InChI is InChI=1S/C18H29N/c1-2-3-13-4-8-17-15(10-13)6-7-16-11-14(12-19)5-9-18(16)17/h13-18H,2-11H2,1H3. The van der Waals surface area contributed by atoms with Crippen molar-refractivity contribution in [3.8, 4) is 6.07 Å². The smallest absolute Gasteiger partial charge is 0.0655 e. The molecule has 0 saturated heterocycles. The Hall–Kier alpha value is -0.510. The molecule has 0 heterocycles. The van der Waals surface area contributed by atoms with Crippen molar-refractivity contribution < 1.29 is 0 Å². The average molecular weight is 259 g/mol. The Morgan fingerprint density at radius 2 is 1.58 bits per heavy atom. The molecule has 0 spiro atoms. The van der Waals surface area contributed by atoms with Gasteiger partial charge in [0.05, 0.1) is 6.07 Å². The predicted molar refractivity (Wildman–Crippen MR) is 78.4 cm³/mol. The summed E-state index contributed by atoms with van der Waals surface area (Å²) in [5.74, 6) is 5.40. The molecule has 1 nitrogen and oxygen atoms in total. The van der Waals surface area contributed by atoms with Crippen molar-refractivity contribution >= 4 is 0 Å². The van der Waals surface area contributed by atoms with Crippen LogP contribution in [0, 0.1) is 46.8 Å². The van der Waals surface area contributed by atoms with Crippen LogP contribution in [0.2, 0.25) is 0 Å². The molecule has 0 bridgehead atoms. The number of rotatable bonds is 2. The van der Waals surface area contributed by atoms with Crippen LogP contribution in [0.15, 0.2) is 0 Å². The second-order valence-electron chi connectivity index (χ2n) is 7.53. The van der Waals surface area contributed by atoms with Gasteiger partial charge in [-0.25, -0.2) is 0 Å². The molecule has 3 aliphatic rings. The highest BCUT2D eigenvalue weighted by Crippen LogP contribution is 2.53. The molecule has 0 radical (unpaired) electrons. The summed E-state index contributed by atoms with van der Waals surface area (Å²) in [6, 6.07) is 2.53. The van der Waals surface area contributed by atoms with Crippen molar-refractivity contribution in [3.63, 3.8) is 0 Å². The Labute approximate surface area is 118 Å². The Balaban J connectivity index is 1.62. The van der Waals surface area contributed by atoms with Crippen LogP contribution >= 0.6 is 0 Å². The van der Waals surface area contributed by atoms with E-state index in [2.05, 4.69) is 13.0 Å². The van der Waals surface area contributed by atoms with Gasteiger partial charge in [0.15, 0.2) is 0 Å². The maximum absolute atomic E-state index is 9.16. The predicted octanol–water partition coefficient (Wildman–Crippen LogP) is 5.17. The molecular weight excluding hydrogens is 230 g/mol. The molecule has 3 rings (SSSR count). The zero-order valence-corrected chi connectivity index (χ0v) is 12.5. The molecule has 0 aromatic heterocycles. The second kappa shape index (κ2) is 5.86. The number of nitriles is 1. The molecule has 0 aromatic rings. The fourth-order valence-electron chi connectivity index (χ4n) is 5.68. The first-order valence-electron chi connectivity index (χ1n) is 8.71. The fraction of sp³-hybridized carbons (Fsp3) is 0.944. The van der Waals surface area contributed by atoms with Crippen LogP contribution in [0.5, 0.6) is 0 Å². The van der Waals surface area contributed by atoms with Crippen molar-refractivity contribution in [2.45, 2.75) is 71.1 Å². The molecular formula is C18H29N. The molecule has 3 saturated carbocycles. The van der Waals surface area contributed by atoms with Crippen LogP contribution in [0.1, 0.15) is 71.1 Å². The number of fused-ring (bicyclic) bond motifs is 3. The SMILES string of the molecule is CCCC1CCC2C(CCC3CC(C#N)CCC32)C1. The molecule has 6 unspecified atom stereocenters. The van der Waals surface area contributed by atoms with Crippen molar-refractivity contribution in [3.05, 3.63) is 0 Å². The summed E-state index contributed by atoms with van der Waals surface area (Å²) >= 11 is 0. The van der Waals surface area contributed by atoms with Gasteiger partial charge in [-0.2, -0.15) is 5.26 Å². The van der Waals surface area contributed by atoms with Gasteiger partial charge < -0.3 is 0 Å². The van der Waals surface area contributed by atoms with E-state index in [0.29, 0.717) is 5.92 Å². The van der Waals surface area contributed by atoms with E-state index in [9.17, 15) is 0 Å². The van der Waals surface area contributed by atoms with Gasteiger partial charge in [0.25, 0.3) is 0 Å². The molecule has 3 aliphatic carbocycles. The van der Waals surface area contributed by atoms with Crippen LogP contribution in [0.3, 0.4) is 0 Å². The van der Waals surface area contributed by atoms with Crippen LogP contribution in [0.25, 0.3) is 0 Å². The lowest BCUT2D eigenvalue weighted by Crippen LogP contribution is -2.41. The average Bonchev–Trinajstić information content (AvgIpc) is 2.46. The van der Waals surface area contributed by atoms with Crippen molar-refractivity contribution in [2.24, 2.45) is 35.5 Å². The van der Waals surface area contributed by atoms with Crippen LogP contribution in [-0.2, 0) is 0 Å². The maximum Gasteiger partial charge on any atom is 0.0655 e. The molecule has 0 aromatic carbocycles. The second-order valence-corrected chi connectivity index (χ2v) is 7.53. The van der Waals surface area contributed by atoms with E-state index < -0.39 is 0 Å². The lowest BCUT2D eigenvalue weighted by Gasteiger charge is -2.50. The van der Waals surface area contributed by atoms with Crippen molar-refractivity contribution in [1.82, 2.24) is 0 Å². The third kappa shape index (κ3) is 2.69. The van der Waals surface area contributed by atoms with Crippen molar-refractivity contribution in [2.75, 3.05) is 0 Å². The van der Waals surface area contributed by atoms with Gasteiger partial charge in [-0.3, -0.25) is 0 Å². The third-order valence-electron chi connectivity index (χ3n) is 6.53. The number of hydrogen-bond donors (Lipinski definition) is 0. The van der Waals surface area contributed by atoms with Gasteiger partial charge in [-0.15, -0.1) is 0 Å².